The van der Waals surface area contributed by atoms with Crippen molar-refractivity contribution >= 4 is 55.1 Å². The number of aromatic nitrogens is 3. The molecule has 2 aromatic heterocycles. The summed E-state index contributed by atoms with van der Waals surface area (Å²) in [4.78, 5) is 16.3. The number of fused-ring (bicyclic) bond motifs is 2. The summed E-state index contributed by atoms with van der Waals surface area (Å²) in [5.74, 6) is -1.28. The number of halogens is 3. The van der Waals surface area contributed by atoms with Crippen LogP contribution < -0.4 is 5.32 Å². The molecule has 28 heavy (non-hydrogen) atoms. The van der Waals surface area contributed by atoms with Gasteiger partial charge in [-0.2, -0.15) is 5.10 Å². The molecule has 2 atom stereocenters. The third-order valence-corrected chi connectivity index (χ3v) is 6.17. The summed E-state index contributed by atoms with van der Waals surface area (Å²) in [7, 11) is 0. The topological polar surface area (TPSA) is 70.7 Å². The molecule has 1 aliphatic rings. The van der Waals surface area contributed by atoms with Crippen LogP contribution in [0.2, 0.25) is 5.15 Å². The van der Waals surface area contributed by atoms with E-state index in [-0.39, 0.29) is 23.3 Å². The third-order valence-electron chi connectivity index (χ3n) is 4.96. The van der Waals surface area contributed by atoms with Gasteiger partial charge in [0.15, 0.2) is 10.3 Å². The van der Waals surface area contributed by atoms with Crippen LogP contribution in [0.4, 0.5) is 13.9 Å². The van der Waals surface area contributed by atoms with Gasteiger partial charge in [0.1, 0.15) is 12.0 Å². The fourth-order valence-corrected chi connectivity index (χ4v) is 4.49. The molecule has 5 nitrogen and oxygen atoms in total. The highest BCUT2D eigenvalue weighted by Crippen LogP contribution is 2.39. The number of thiazole rings is 1. The maximum atomic E-state index is 14.4. The number of hydrogen-bond donors (Lipinski definition) is 2. The zero-order chi connectivity index (χ0) is 19.6. The minimum Gasteiger partial charge on any atom is -0.302 e. The predicted molar refractivity (Wildman–Crippen MR) is 106 cm³/mol. The third kappa shape index (κ3) is 2.75. The SMILES string of the molecule is Cc1c(F)cc2[nH]nc(Cl)c2c1-c1ccc2nc(NC(=O)[C@@H]3C[C@@H]3F)sc2c1. The van der Waals surface area contributed by atoms with Gasteiger partial charge in [-0.15, -0.1) is 0 Å². The van der Waals surface area contributed by atoms with Crippen LogP contribution in [0.1, 0.15) is 12.0 Å². The van der Waals surface area contributed by atoms with E-state index in [2.05, 4.69) is 20.5 Å². The van der Waals surface area contributed by atoms with Gasteiger partial charge in [-0.25, -0.2) is 13.8 Å². The summed E-state index contributed by atoms with van der Waals surface area (Å²) in [5.41, 5.74) is 3.11. The number of H-pyrrole nitrogens is 1. The second-order valence-electron chi connectivity index (χ2n) is 6.84. The first-order valence-electron chi connectivity index (χ1n) is 8.61. The number of alkyl halides is 1. The van der Waals surface area contributed by atoms with Crippen molar-refractivity contribution in [2.24, 2.45) is 5.92 Å². The van der Waals surface area contributed by atoms with Crippen LogP contribution in [0.25, 0.3) is 32.2 Å². The van der Waals surface area contributed by atoms with Crippen molar-refractivity contribution < 1.29 is 13.6 Å². The Bertz CT molecular complexity index is 1270. The van der Waals surface area contributed by atoms with E-state index >= 15 is 0 Å². The van der Waals surface area contributed by atoms with Crippen LogP contribution in [-0.2, 0) is 4.79 Å². The van der Waals surface area contributed by atoms with Gasteiger partial charge in [0.05, 0.1) is 21.7 Å². The van der Waals surface area contributed by atoms with Gasteiger partial charge in [-0.05, 0) is 42.7 Å². The molecular formula is C19H13ClF2N4OS. The summed E-state index contributed by atoms with van der Waals surface area (Å²) in [6, 6.07) is 6.89. The number of rotatable bonds is 3. The van der Waals surface area contributed by atoms with Gasteiger partial charge in [0.2, 0.25) is 5.91 Å². The van der Waals surface area contributed by atoms with Crippen LogP contribution in [0.15, 0.2) is 24.3 Å². The molecule has 1 saturated carbocycles. The van der Waals surface area contributed by atoms with E-state index in [0.717, 1.165) is 10.3 Å². The van der Waals surface area contributed by atoms with Crippen molar-refractivity contribution in [3.8, 4) is 11.1 Å². The Labute approximate surface area is 166 Å². The molecule has 5 rings (SSSR count). The fourth-order valence-electron chi connectivity index (χ4n) is 3.34. The van der Waals surface area contributed by atoms with Gasteiger partial charge in [-0.1, -0.05) is 29.0 Å². The lowest BCUT2D eigenvalue weighted by Crippen LogP contribution is -2.14. The summed E-state index contributed by atoms with van der Waals surface area (Å²) in [6.45, 7) is 1.69. The first-order valence-corrected chi connectivity index (χ1v) is 9.80. The van der Waals surface area contributed by atoms with Gasteiger partial charge in [-0.3, -0.25) is 9.89 Å². The Morgan fingerprint density at radius 1 is 1.39 bits per heavy atom. The molecule has 1 amide bonds. The van der Waals surface area contributed by atoms with Gasteiger partial charge < -0.3 is 5.32 Å². The number of hydrogen-bond acceptors (Lipinski definition) is 4. The minimum absolute atomic E-state index is 0.265. The molecule has 142 valence electrons. The molecule has 0 unspecified atom stereocenters. The molecule has 2 heterocycles. The molecule has 4 aromatic rings. The highest BCUT2D eigenvalue weighted by atomic mass is 35.5. The monoisotopic (exact) mass is 418 g/mol. The normalized spacial score (nSPS) is 18.7. The van der Waals surface area contributed by atoms with E-state index in [4.69, 9.17) is 11.6 Å². The van der Waals surface area contributed by atoms with E-state index in [1.165, 1.54) is 17.4 Å². The quantitative estimate of drug-likeness (QED) is 0.478. The van der Waals surface area contributed by atoms with Crippen molar-refractivity contribution in [1.82, 2.24) is 15.2 Å². The largest absolute Gasteiger partial charge is 0.302 e. The predicted octanol–water partition coefficient (Wildman–Crippen LogP) is 5.24. The summed E-state index contributed by atoms with van der Waals surface area (Å²) >= 11 is 7.51. The van der Waals surface area contributed by atoms with Crippen molar-refractivity contribution in [3.05, 3.63) is 40.8 Å². The number of amides is 1. The Hall–Kier alpha value is -2.58. The molecular weight excluding hydrogens is 406 g/mol. The fraction of sp³-hybridized carbons (Fsp3) is 0.211. The van der Waals surface area contributed by atoms with Crippen molar-refractivity contribution in [1.29, 1.82) is 0 Å². The Kier molecular flexibility index (Phi) is 3.89. The smallest absolute Gasteiger partial charge is 0.232 e. The van der Waals surface area contributed by atoms with Crippen LogP contribution in [0.5, 0.6) is 0 Å². The van der Waals surface area contributed by atoms with E-state index in [1.807, 2.05) is 12.1 Å². The van der Waals surface area contributed by atoms with E-state index in [0.29, 0.717) is 32.7 Å². The highest BCUT2D eigenvalue weighted by Gasteiger charge is 2.43. The molecule has 0 aliphatic heterocycles. The van der Waals surface area contributed by atoms with E-state index < -0.39 is 12.1 Å². The van der Waals surface area contributed by atoms with Gasteiger partial charge in [0.25, 0.3) is 0 Å². The molecule has 1 fully saturated rings. The Balaban J connectivity index is 1.59. The second-order valence-corrected chi connectivity index (χ2v) is 8.23. The maximum absolute atomic E-state index is 14.4. The zero-order valence-corrected chi connectivity index (χ0v) is 16.1. The molecule has 2 aromatic carbocycles. The van der Waals surface area contributed by atoms with Crippen LogP contribution >= 0.6 is 22.9 Å². The lowest BCUT2D eigenvalue weighted by atomic mass is 9.96. The first-order chi connectivity index (χ1) is 13.4. The van der Waals surface area contributed by atoms with Gasteiger partial charge in [0, 0.05) is 10.9 Å². The summed E-state index contributed by atoms with van der Waals surface area (Å²) in [6.07, 6.45) is -0.791. The maximum Gasteiger partial charge on any atom is 0.232 e. The molecule has 1 aliphatic carbocycles. The van der Waals surface area contributed by atoms with Crippen LogP contribution in [0, 0.1) is 18.7 Å². The van der Waals surface area contributed by atoms with Crippen LogP contribution in [0.3, 0.4) is 0 Å². The molecule has 0 radical (unpaired) electrons. The average Bonchev–Trinajstić information content (AvgIpc) is 3.09. The van der Waals surface area contributed by atoms with Crippen LogP contribution in [-0.4, -0.2) is 27.3 Å². The Morgan fingerprint density at radius 2 is 2.18 bits per heavy atom. The minimum atomic E-state index is -1.06. The number of anilines is 1. The molecule has 0 bridgehead atoms. The average molecular weight is 419 g/mol. The number of nitrogens with one attached hydrogen (secondary N) is 2. The number of benzene rings is 2. The molecule has 2 N–H and O–H groups in total. The van der Waals surface area contributed by atoms with Crippen molar-refractivity contribution in [2.75, 3.05) is 5.32 Å². The number of carbonyl (C=O) groups excluding carboxylic acids is 1. The standard InChI is InChI=1S/C19H13ClF2N4OS/c1-7-10(21)6-13-16(17(20)26-25-13)15(7)8-2-3-12-14(4-8)28-19(23-12)24-18(27)9-5-11(9)22/h2-4,6,9,11H,5H2,1H3,(H,25,26)(H,23,24,27)/t9-,11+/m1/s1. The summed E-state index contributed by atoms with van der Waals surface area (Å²) in [5, 5.41) is 10.7. The van der Waals surface area contributed by atoms with Gasteiger partial charge >= 0.3 is 0 Å². The van der Waals surface area contributed by atoms with Crippen molar-refractivity contribution in [3.63, 3.8) is 0 Å². The van der Waals surface area contributed by atoms with E-state index in [1.54, 1.807) is 13.0 Å². The molecule has 0 spiro atoms. The first kappa shape index (κ1) is 17.5. The highest BCUT2D eigenvalue weighted by molar-refractivity contribution is 7.22. The zero-order valence-electron chi connectivity index (χ0n) is 14.5. The van der Waals surface area contributed by atoms with E-state index in [9.17, 15) is 13.6 Å². The number of aromatic amines is 1. The number of nitrogens with zero attached hydrogens (tertiary/aromatic N) is 2. The van der Waals surface area contributed by atoms with Crippen molar-refractivity contribution in [2.45, 2.75) is 19.5 Å². The lowest BCUT2D eigenvalue weighted by molar-refractivity contribution is -0.117. The molecule has 0 saturated heterocycles. The Morgan fingerprint density at radius 3 is 2.93 bits per heavy atom. The lowest BCUT2D eigenvalue weighted by Gasteiger charge is -2.09. The summed E-state index contributed by atoms with van der Waals surface area (Å²) < 4.78 is 28.3. The second kappa shape index (κ2) is 6.22. The number of carbonyl (C=O) groups is 1. The molecule has 9 heteroatoms.